The molecule has 0 aromatic heterocycles. The lowest BCUT2D eigenvalue weighted by Gasteiger charge is -2.48. The Kier molecular flexibility index (Phi) is 3.51. The van der Waals surface area contributed by atoms with Crippen molar-refractivity contribution in [3.63, 3.8) is 0 Å². The molecule has 1 unspecified atom stereocenters. The molecule has 114 valence electrons. The van der Waals surface area contributed by atoms with Gasteiger partial charge in [-0.15, -0.1) is 0 Å². The third kappa shape index (κ3) is 2.25. The molecule has 1 saturated heterocycles. The Morgan fingerprint density at radius 2 is 1.76 bits per heavy atom. The van der Waals surface area contributed by atoms with Crippen molar-refractivity contribution < 1.29 is 9.90 Å². The maximum absolute atomic E-state index is 12.1. The van der Waals surface area contributed by atoms with Gasteiger partial charge in [0.1, 0.15) is 5.54 Å². The first kappa shape index (κ1) is 14.5. The Morgan fingerprint density at radius 1 is 1.14 bits per heavy atom. The quantitative estimate of drug-likeness (QED) is 0.752. The minimum atomic E-state index is -0.916. The van der Waals surface area contributed by atoms with Crippen LogP contribution in [0.5, 0.6) is 0 Å². The summed E-state index contributed by atoms with van der Waals surface area (Å²) in [6.45, 7) is 0. The minimum Gasteiger partial charge on any atom is -0.361 e. The maximum atomic E-state index is 12.1. The third-order valence-electron chi connectivity index (χ3n) is 5.21. The van der Waals surface area contributed by atoms with Gasteiger partial charge in [-0.3, -0.25) is 15.0 Å². The van der Waals surface area contributed by atoms with Gasteiger partial charge in [-0.25, -0.2) is 0 Å². The Hall–Kier alpha value is -1.43. The molecule has 1 aliphatic carbocycles. The normalized spacial score (nSPS) is 36.2. The van der Waals surface area contributed by atoms with Crippen LogP contribution in [0.25, 0.3) is 0 Å². The van der Waals surface area contributed by atoms with E-state index in [0.717, 1.165) is 25.7 Å². The highest BCUT2D eigenvalue weighted by Crippen LogP contribution is 2.45. The van der Waals surface area contributed by atoms with E-state index in [9.17, 15) is 9.90 Å². The van der Waals surface area contributed by atoms with E-state index in [0.29, 0.717) is 0 Å². The van der Waals surface area contributed by atoms with E-state index in [1.54, 1.807) is 0 Å². The standard InChI is InChI=1S/C16H23N3O2/c1-19(2)16(12-6-4-3-5-7-12)10-8-15(9-11-16)13(20)17-14(21)18-15/h3-7,14,18,21H,8-11H2,1-2H3,(H,17,20)/t14?,15-,16-. The first-order valence-corrected chi connectivity index (χ1v) is 7.48. The van der Waals surface area contributed by atoms with Gasteiger partial charge in [0.25, 0.3) is 0 Å². The van der Waals surface area contributed by atoms with Crippen molar-refractivity contribution >= 4 is 5.91 Å². The van der Waals surface area contributed by atoms with E-state index in [4.69, 9.17) is 0 Å². The average molecular weight is 289 g/mol. The number of rotatable bonds is 2. The zero-order valence-electron chi connectivity index (χ0n) is 12.6. The number of nitrogens with zero attached hydrogens (tertiary/aromatic N) is 1. The lowest BCUT2D eigenvalue weighted by Crippen LogP contribution is -2.56. The highest BCUT2D eigenvalue weighted by Gasteiger charge is 2.52. The van der Waals surface area contributed by atoms with Crippen molar-refractivity contribution in [2.75, 3.05) is 14.1 Å². The van der Waals surface area contributed by atoms with Crippen molar-refractivity contribution in [3.05, 3.63) is 35.9 Å². The van der Waals surface area contributed by atoms with Crippen molar-refractivity contribution in [2.45, 2.75) is 43.1 Å². The zero-order chi connectivity index (χ0) is 15.1. The molecule has 1 saturated carbocycles. The molecule has 0 radical (unpaired) electrons. The summed E-state index contributed by atoms with van der Waals surface area (Å²) < 4.78 is 0. The Morgan fingerprint density at radius 3 is 2.24 bits per heavy atom. The molecule has 0 bridgehead atoms. The molecule has 1 amide bonds. The van der Waals surface area contributed by atoms with Gasteiger partial charge in [0.2, 0.25) is 5.91 Å². The summed E-state index contributed by atoms with van der Waals surface area (Å²) in [5.74, 6) is -0.0737. The van der Waals surface area contributed by atoms with Gasteiger partial charge >= 0.3 is 0 Å². The third-order valence-corrected chi connectivity index (χ3v) is 5.21. The fraction of sp³-hybridized carbons (Fsp3) is 0.562. The monoisotopic (exact) mass is 289 g/mol. The molecule has 3 rings (SSSR count). The van der Waals surface area contributed by atoms with Crippen LogP contribution < -0.4 is 10.6 Å². The van der Waals surface area contributed by atoms with Crippen molar-refractivity contribution in [1.29, 1.82) is 0 Å². The smallest absolute Gasteiger partial charge is 0.243 e. The van der Waals surface area contributed by atoms with Crippen LogP contribution in [0.15, 0.2) is 30.3 Å². The number of carbonyl (C=O) groups is 1. The average Bonchev–Trinajstić information content (AvgIpc) is 2.75. The summed E-state index contributed by atoms with van der Waals surface area (Å²) in [5, 5.41) is 15.2. The Bertz CT molecular complexity index is 522. The fourth-order valence-corrected chi connectivity index (χ4v) is 3.83. The molecule has 1 atom stereocenters. The molecule has 1 aliphatic heterocycles. The molecule has 2 aliphatic rings. The summed E-state index contributed by atoms with van der Waals surface area (Å²) >= 11 is 0. The number of hydrogen-bond donors (Lipinski definition) is 3. The first-order valence-electron chi connectivity index (χ1n) is 7.48. The van der Waals surface area contributed by atoms with Gasteiger partial charge in [-0.05, 0) is 45.3 Å². The topological polar surface area (TPSA) is 64.6 Å². The van der Waals surface area contributed by atoms with E-state index in [-0.39, 0.29) is 11.4 Å². The van der Waals surface area contributed by atoms with Gasteiger partial charge in [0.15, 0.2) is 6.35 Å². The molecule has 21 heavy (non-hydrogen) atoms. The van der Waals surface area contributed by atoms with E-state index in [1.165, 1.54) is 5.56 Å². The lowest BCUT2D eigenvalue weighted by molar-refractivity contribution is -0.126. The highest BCUT2D eigenvalue weighted by molar-refractivity contribution is 5.88. The van der Waals surface area contributed by atoms with E-state index in [1.807, 2.05) is 6.07 Å². The summed E-state index contributed by atoms with van der Waals surface area (Å²) in [5.41, 5.74) is 0.652. The summed E-state index contributed by atoms with van der Waals surface area (Å²) in [6, 6.07) is 10.5. The largest absolute Gasteiger partial charge is 0.361 e. The van der Waals surface area contributed by atoms with Crippen LogP contribution in [-0.4, -0.2) is 41.9 Å². The molecule has 3 N–H and O–H groups in total. The lowest BCUT2D eigenvalue weighted by atomic mass is 9.68. The first-order chi connectivity index (χ1) is 9.98. The maximum Gasteiger partial charge on any atom is 0.243 e. The van der Waals surface area contributed by atoms with Gasteiger partial charge in [-0.2, -0.15) is 0 Å². The van der Waals surface area contributed by atoms with Gasteiger partial charge in [0.05, 0.1) is 0 Å². The number of aliphatic hydroxyl groups excluding tert-OH is 1. The van der Waals surface area contributed by atoms with Crippen molar-refractivity contribution in [3.8, 4) is 0 Å². The molecule has 5 nitrogen and oxygen atoms in total. The number of nitrogens with one attached hydrogen (secondary N) is 2. The van der Waals surface area contributed by atoms with Gasteiger partial charge in [0, 0.05) is 5.54 Å². The van der Waals surface area contributed by atoms with Crippen LogP contribution in [0.4, 0.5) is 0 Å². The van der Waals surface area contributed by atoms with Crippen LogP contribution in [0, 0.1) is 0 Å². The second-order valence-electron chi connectivity index (χ2n) is 6.39. The predicted molar refractivity (Wildman–Crippen MR) is 80.3 cm³/mol. The van der Waals surface area contributed by atoms with Crippen LogP contribution >= 0.6 is 0 Å². The second kappa shape index (κ2) is 5.09. The fourth-order valence-electron chi connectivity index (χ4n) is 3.83. The Balaban J connectivity index is 1.86. The number of amides is 1. The van der Waals surface area contributed by atoms with Gasteiger partial charge < -0.3 is 10.4 Å². The second-order valence-corrected chi connectivity index (χ2v) is 6.39. The molecule has 1 aromatic carbocycles. The van der Waals surface area contributed by atoms with Crippen molar-refractivity contribution in [2.24, 2.45) is 0 Å². The molecule has 1 spiro atoms. The molecule has 1 heterocycles. The molecular weight excluding hydrogens is 266 g/mol. The Labute approximate surface area is 125 Å². The van der Waals surface area contributed by atoms with Crippen LogP contribution in [0.2, 0.25) is 0 Å². The minimum absolute atomic E-state index is 0.0397. The summed E-state index contributed by atoms with van der Waals surface area (Å²) in [7, 11) is 4.20. The van der Waals surface area contributed by atoms with E-state index < -0.39 is 11.9 Å². The summed E-state index contributed by atoms with van der Waals surface area (Å²) in [4.78, 5) is 14.4. The van der Waals surface area contributed by atoms with Crippen LogP contribution in [-0.2, 0) is 10.3 Å². The zero-order valence-corrected chi connectivity index (χ0v) is 12.6. The highest BCUT2D eigenvalue weighted by atomic mass is 16.3. The molecule has 5 heteroatoms. The number of benzene rings is 1. The number of carbonyl (C=O) groups excluding carboxylic acids is 1. The molecule has 1 aromatic rings. The number of aliphatic hydroxyl groups is 1. The van der Waals surface area contributed by atoms with Crippen LogP contribution in [0.3, 0.4) is 0 Å². The number of hydrogen-bond acceptors (Lipinski definition) is 4. The molecular formula is C16H23N3O2. The van der Waals surface area contributed by atoms with Crippen molar-refractivity contribution in [1.82, 2.24) is 15.5 Å². The predicted octanol–water partition coefficient (Wildman–Crippen LogP) is 0.752. The summed E-state index contributed by atoms with van der Waals surface area (Å²) in [6.07, 6.45) is 2.31. The van der Waals surface area contributed by atoms with Gasteiger partial charge in [-0.1, -0.05) is 30.3 Å². The SMILES string of the molecule is CN(C)[C@]1(c2ccccc2)CC[C@]2(CC1)NC(O)NC2=O. The molecule has 2 fully saturated rings. The van der Waals surface area contributed by atoms with E-state index in [2.05, 4.69) is 53.9 Å². The van der Waals surface area contributed by atoms with Crippen LogP contribution in [0.1, 0.15) is 31.2 Å². The van der Waals surface area contributed by atoms with E-state index >= 15 is 0 Å².